The maximum atomic E-state index is 13.8. The molecule has 0 spiro atoms. The highest BCUT2D eigenvalue weighted by atomic mass is 35.5. The predicted octanol–water partition coefficient (Wildman–Crippen LogP) is 4.98. The predicted molar refractivity (Wildman–Crippen MR) is 163 cm³/mol. The molecule has 2 heterocycles. The van der Waals surface area contributed by atoms with Gasteiger partial charge in [0.1, 0.15) is 12.3 Å². The summed E-state index contributed by atoms with van der Waals surface area (Å²) in [5, 5.41) is 0.611. The molecule has 1 saturated heterocycles. The molecule has 2 amide bonds. The van der Waals surface area contributed by atoms with Crippen LogP contribution in [0.4, 0.5) is 11.4 Å². The Bertz CT molecular complexity index is 1430. The first-order valence-corrected chi connectivity index (χ1v) is 14.3. The second-order valence-corrected chi connectivity index (χ2v) is 11.3. The van der Waals surface area contributed by atoms with Gasteiger partial charge in [-0.3, -0.25) is 19.4 Å². The molecular weight excluding hydrogens is 563 g/mol. The van der Waals surface area contributed by atoms with E-state index in [0.717, 1.165) is 35.5 Å². The Morgan fingerprint density at radius 3 is 2.37 bits per heavy atom. The van der Waals surface area contributed by atoms with Crippen molar-refractivity contribution in [1.82, 2.24) is 9.80 Å². The molecule has 0 N–H and O–H groups in total. The maximum absolute atomic E-state index is 13.8. The van der Waals surface area contributed by atoms with Crippen molar-refractivity contribution in [2.45, 2.75) is 6.04 Å². The Hall–Kier alpha value is -3.30. The van der Waals surface area contributed by atoms with Crippen LogP contribution >= 0.6 is 23.2 Å². The number of rotatable bonds is 8. The Kier molecular flexibility index (Phi) is 9.04. The van der Waals surface area contributed by atoms with Crippen molar-refractivity contribution in [2.75, 3.05) is 76.9 Å². The van der Waals surface area contributed by atoms with Crippen molar-refractivity contribution < 1.29 is 19.1 Å². The molecule has 0 aliphatic carbocycles. The number of carbonyl (C=O) groups excluding carboxylic acids is 2. The number of likely N-dealkylation sites (N-methyl/N-ethyl adjacent to an activating group) is 1. The van der Waals surface area contributed by atoms with Crippen molar-refractivity contribution in [3.63, 3.8) is 0 Å². The lowest BCUT2D eigenvalue weighted by molar-refractivity contribution is -0.133. The number of nitrogens with zero attached hydrogens (tertiary/aromatic N) is 4. The molecule has 1 atom stereocenters. The van der Waals surface area contributed by atoms with Crippen LogP contribution in [0.2, 0.25) is 10.0 Å². The minimum atomic E-state index is -0.315. The average molecular weight is 598 g/mol. The SMILES string of the molecule is CN(C)c1cccc(-c2cccc([C@@H](CN3CCOCC3)N(C)C(=O)CN3C(=O)COc4cc(Cl)c(Cl)cc43)c2)c1. The minimum Gasteiger partial charge on any atom is -0.482 e. The van der Waals surface area contributed by atoms with Crippen molar-refractivity contribution in [3.8, 4) is 16.9 Å². The smallest absolute Gasteiger partial charge is 0.265 e. The highest BCUT2D eigenvalue weighted by Crippen LogP contribution is 2.39. The molecule has 5 rings (SSSR count). The lowest BCUT2D eigenvalue weighted by atomic mass is 9.97. The van der Waals surface area contributed by atoms with Gasteiger partial charge in [-0.1, -0.05) is 53.5 Å². The van der Waals surface area contributed by atoms with E-state index in [2.05, 4.69) is 52.3 Å². The minimum absolute atomic E-state index is 0.145. The molecule has 0 bridgehead atoms. The second kappa shape index (κ2) is 12.7. The largest absolute Gasteiger partial charge is 0.482 e. The summed E-state index contributed by atoms with van der Waals surface area (Å²) in [7, 11) is 5.84. The van der Waals surface area contributed by atoms with Crippen molar-refractivity contribution in [2.24, 2.45) is 0 Å². The average Bonchev–Trinajstić information content (AvgIpc) is 2.98. The van der Waals surface area contributed by atoms with Gasteiger partial charge in [0.25, 0.3) is 5.91 Å². The number of ether oxygens (including phenoxy) is 2. The van der Waals surface area contributed by atoms with Crippen LogP contribution in [0.25, 0.3) is 11.1 Å². The van der Waals surface area contributed by atoms with Gasteiger partial charge in [-0.05, 0) is 41.0 Å². The van der Waals surface area contributed by atoms with E-state index in [-0.39, 0.29) is 36.0 Å². The highest BCUT2D eigenvalue weighted by Gasteiger charge is 2.32. The third-order valence-corrected chi connectivity index (χ3v) is 8.32. The number of benzene rings is 3. The molecule has 3 aromatic carbocycles. The van der Waals surface area contributed by atoms with Crippen molar-refractivity contribution >= 4 is 46.4 Å². The van der Waals surface area contributed by atoms with E-state index in [4.69, 9.17) is 32.7 Å². The zero-order valence-electron chi connectivity index (χ0n) is 23.5. The molecule has 0 aromatic heterocycles. The van der Waals surface area contributed by atoms with Gasteiger partial charge in [0.15, 0.2) is 6.61 Å². The molecule has 0 saturated carbocycles. The standard InChI is InChI=1S/C31H34Cl2N4O4/c1-34(2)24-9-5-7-22(15-24)21-6-4-8-23(14-21)28(18-36-10-12-40-13-11-36)35(3)30(38)19-37-27-16-25(32)26(33)17-29(27)41-20-31(37)39/h4-9,14-17,28H,10-13,18-20H2,1-3H3/t28-/m1/s1. The van der Waals surface area contributed by atoms with Crippen molar-refractivity contribution in [3.05, 3.63) is 76.3 Å². The van der Waals surface area contributed by atoms with Gasteiger partial charge in [0.05, 0.1) is 35.0 Å². The Balaban J connectivity index is 1.44. The summed E-state index contributed by atoms with van der Waals surface area (Å²) in [6.07, 6.45) is 0. The molecule has 2 aliphatic rings. The quantitative estimate of drug-likeness (QED) is 0.365. The number of halogens is 2. The van der Waals surface area contributed by atoms with Crippen molar-refractivity contribution in [1.29, 1.82) is 0 Å². The molecular formula is C31H34Cl2N4O4. The van der Waals surface area contributed by atoms with E-state index in [1.807, 2.05) is 20.2 Å². The molecule has 2 aliphatic heterocycles. The van der Waals surface area contributed by atoms with Gasteiger partial charge < -0.3 is 19.3 Å². The fourth-order valence-corrected chi connectivity index (χ4v) is 5.47. The number of carbonyl (C=O) groups is 2. The Morgan fingerprint density at radius 2 is 1.63 bits per heavy atom. The van der Waals surface area contributed by atoms with E-state index >= 15 is 0 Å². The second-order valence-electron chi connectivity index (χ2n) is 10.5. The van der Waals surface area contributed by atoms with Crippen LogP contribution in [-0.2, 0) is 14.3 Å². The van der Waals surface area contributed by atoms with Crippen LogP contribution < -0.4 is 14.5 Å². The third kappa shape index (κ3) is 6.62. The summed E-state index contributed by atoms with van der Waals surface area (Å²) in [5.41, 5.74) is 4.74. The van der Waals surface area contributed by atoms with E-state index in [9.17, 15) is 9.59 Å². The summed E-state index contributed by atoms with van der Waals surface area (Å²) < 4.78 is 11.1. The number of anilines is 2. The molecule has 1 fully saturated rings. The molecule has 41 heavy (non-hydrogen) atoms. The number of morpholine rings is 1. The first kappa shape index (κ1) is 29.2. The normalized spacial score (nSPS) is 16.1. The van der Waals surface area contributed by atoms with Crippen LogP contribution in [0.1, 0.15) is 11.6 Å². The van der Waals surface area contributed by atoms with E-state index in [0.29, 0.717) is 36.2 Å². The number of amides is 2. The Labute approximate surface area is 250 Å². The van der Waals surface area contributed by atoms with E-state index in [1.165, 1.54) is 4.90 Å². The van der Waals surface area contributed by atoms with Crippen LogP contribution in [0, 0.1) is 0 Å². The lowest BCUT2D eigenvalue weighted by Gasteiger charge is -2.37. The topological polar surface area (TPSA) is 65.6 Å². The number of fused-ring (bicyclic) bond motifs is 1. The third-order valence-electron chi connectivity index (χ3n) is 7.60. The molecule has 3 aromatic rings. The van der Waals surface area contributed by atoms with Gasteiger partial charge in [-0.15, -0.1) is 0 Å². The van der Waals surface area contributed by atoms with E-state index in [1.54, 1.807) is 24.1 Å². The van der Waals surface area contributed by atoms with Crippen LogP contribution in [0.15, 0.2) is 60.7 Å². The molecule has 216 valence electrons. The van der Waals surface area contributed by atoms with Gasteiger partial charge >= 0.3 is 0 Å². The van der Waals surface area contributed by atoms with Crippen LogP contribution in [0.5, 0.6) is 5.75 Å². The van der Waals surface area contributed by atoms with Gasteiger partial charge in [-0.2, -0.15) is 0 Å². The maximum Gasteiger partial charge on any atom is 0.265 e. The van der Waals surface area contributed by atoms with Crippen LogP contribution in [-0.4, -0.2) is 88.8 Å². The first-order valence-electron chi connectivity index (χ1n) is 13.6. The van der Waals surface area contributed by atoms with E-state index < -0.39 is 0 Å². The fourth-order valence-electron chi connectivity index (χ4n) is 5.16. The molecule has 8 nitrogen and oxygen atoms in total. The monoisotopic (exact) mass is 596 g/mol. The van der Waals surface area contributed by atoms with Gasteiger partial charge in [0, 0.05) is 52.5 Å². The number of hydrogen-bond acceptors (Lipinski definition) is 6. The molecule has 0 radical (unpaired) electrons. The Morgan fingerprint density at radius 1 is 0.951 bits per heavy atom. The molecule has 10 heteroatoms. The summed E-state index contributed by atoms with van der Waals surface area (Å²) >= 11 is 12.4. The fraction of sp³-hybridized carbons (Fsp3) is 0.355. The zero-order chi connectivity index (χ0) is 29.1. The molecule has 0 unspecified atom stereocenters. The van der Waals surface area contributed by atoms with Gasteiger partial charge in [-0.25, -0.2) is 0 Å². The number of hydrogen-bond donors (Lipinski definition) is 0. The first-order chi connectivity index (χ1) is 19.7. The highest BCUT2D eigenvalue weighted by molar-refractivity contribution is 6.42. The summed E-state index contributed by atoms with van der Waals surface area (Å²) in [5.74, 6) is -0.0901. The summed E-state index contributed by atoms with van der Waals surface area (Å²) in [6, 6.07) is 19.6. The van der Waals surface area contributed by atoms with Gasteiger partial charge in [0.2, 0.25) is 5.91 Å². The summed E-state index contributed by atoms with van der Waals surface area (Å²) in [6.45, 7) is 3.21. The lowest BCUT2D eigenvalue weighted by Crippen LogP contribution is -2.48. The zero-order valence-corrected chi connectivity index (χ0v) is 25.0. The van der Waals surface area contributed by atoms with Crippen LogP contribution in [0.3, 0.4) is 0 Å². The summed E-state index contributed by atoms with van der Waals surface area (Å²) in [4.78, 5) is 34.3.